The predicted octanol–water partition coefficient (Wildman–Crippen LogP) is 4.43. The van der Waals surface area contributed by atoms with Crippen molar-refractivity contribution in [3.05, 3.63) is 23.8 Å². The third-order valence-corrected chi connectivity index (χ3v) is 4.58. The molecule has 0 aromatic heterocycles. The van der Waals surface area contributed by atoms with E-state index in [-0.39, 0.29) is 0 Å². The number of halogens is 1. The molecule has 0 fully saturated rings. The van der Waals surface area contributed by atoms with E-state index in [1.165, 1.54) is 5.56 Å². The maximum absolute atomic E-state index is 5.43. The molecule has 96 valence electrons. The molecule has 2 atom stereocenters. The Morgan fingerprint density at radius 2 is 1.71 bits per heavy atom. The smallest absolute Gasteiger partial charge is 0.126 e. The molecular weight excluding hydrogens is 280 g/mol. The second-order valence-corrected chi connectivity index (χ2v) is 5.60. The minimum absolute atomic E-state index is 0.295. The standard InChI is InChI=1S/C14H21BrO2/c1-9(2)10(3)14(15)12-7-6-11(16-4)8-13(12)17-5/h6-10,14H,1-5H3. The molecule has 0 aliphatic rings. The van der Waals surface area contributed by atoms with E-state index in [1.807, 2.05) is 12.1 Å². The Labute approximate surface area is 112 Å². The van der Waals surface area contributed by atoms with Gasteiger partial charge in [0.05, 0.1) is 14.2 Å². The van der Waals surface area contributed by atoms with Gasteiger partial charge in [0.15, 0.2) is 0 Å². The summed E-state index contributed by atoms with van der Waals surface area (Å²) in [6, 6.07) is 5.96. The third kappa shape index (κ3) is 3.38. The van der Waals surface area contributed by atoms with Gasteiger partial charge in [-0.05, 0) is 17.9 Å². The average molecular weight is 301 g/mol. The summed E-state index contributed by atoms with van der Waals surface area (Å²) in [5.74, 6) is 2.85. The zero-order valence-corrected chi connectivity index (χ0v) is 12.7. The largest absolute Gasteiger partial charge is 0.497 e. The molecule has 2 unspecified atom stereocenters. The van der Waals surface area contributed by atoms with E-state index in [0.29, 0.717) is 16.7 Å². The van der Waals surface area contributed by atoms with Gasteiger partial charge in [0, 0.05) is 16.5 Å². The van der Waals surface area contributed by atoms with Crippen LogP contribution in [0.5, 0.6) is 11.5 Å². The predicted molar refractivity (Wildman–Crippen MR) is 75.2 cm³/mol. The lowest BCUT2D eigenvalue weighted by Crippen LogP contribution is -2.11. The first-order chi connectivity index (χ1) is 8.01. The zero-order chi connectivity index (χ0) is 13.0. The first-order valence-corrected chi connectivity index (χ1v) is 6.78. The van der Waals surface area contributed by atoms with Gasteiger partial charge in [-0.1, -0.05) is 42.8 Å². The Bertz CT molecular complexity index is 363. The number of hydrogen-bond acceptors (Lipinski definition) is 2. The summed E-state index contributed by atoms with van der Waals surface area (Å²) in [6.45, 7) is 6.71. The van der Waals surface area contributed by atoms with Crippen molar-refractivity contribution in [2.45, 2.75) is 25.6 Å². The van der Waals surface area contributed by atoms with Crippen molar-refractivity contribution in [1.82, 2.24) is 0 Å². The molecule has 0 spiro atoms. The van der Waals surface area contributed by atoms with Gasteiger partial charge in [-0.25, -0.2) is 0 Å². The van der Waals surface area contributed by atoms with Crippen LogP contribution in [0.1, 0.15) is 31.2 Å². The molecule has 1 rings (SSSR count). The summed E-state index contributed by atoms with van der Waals surface area (Å²) in [7, 11) is 3.36. The average Bonchev–Trinajstić information content (AvgIpc) is 2.35. The Hall–Kier alpha value is -0.700. The van der Waals surface area contributed by atoms with Crippen molar-refractivity contribution in [2.24, 2.45) is 11.8 Å². The summed E-state index contributed by atoms with van der Waals surface area (Å²) in [6.07, 6.45) is 0. The normalized spacial score (nSPS) is 14.5. The van der Waals surface area contributed by atoms with Gasteiger partial charge in [0.1, 0.15) is 11.5 Å². The Balaban J connectivity index is 3.04. The highest BCUT2D eigenvalue weighted by molar-refractivity contribution is 9.09. The van der Waals surface area contributed by atoms with Gasteiger partial charge < -0.3 is 9.47 Å². The van der Waals surface area contributed by atoms with Gasteiger partial charge in [-0.3, -0.25) is 0 Å². The van der Waals surface area contributed by atoms with Gasteiger partial charge in [-0.2, -0.15) is 0 Å². The highest BCUT2D eigenvalue weighted by Crippen LogP contribution is 2.40. The van der Waals surface area contributed by atoms with E-state index in [9.17, 15) is 0 Å². The van der Waals surface area contributed by atoms with Crippen LogP contribution in [0.25, 0.3) is 0 Å². The maximum Gasteiger partial charge on any atom is 0.126 e. The van der Waals surface area contributed by atoms with Crippen molar-refractivity contribution < 1.29 is 9.47 Å². The molecule has 2 nitrogen and oxygen atoms in total. The number of methoxy groups -OCH3 is 2. The van der Waals surface area contributed by atoms with Crippen LogP contribution in [0.3, 0.4) is 0 Å². The fraction of sp³-hybridized carbons (Fsp3) is 0.571. The van der Waals surface area contributed by atoms with Crippen LogP contribution in [-0.4, -0.2) is 14.2 Å². The Morgan fingerprint density at radius 3 is 2.18 bits per heavy atom. The van der Waals surface area contributed by atoms with Crippen LogP contribution < -0.4 is 9.47 Å². The quantitative estimate of drug-likeness (QED) is 0.749. The molecule has 0 bridgehead atoms. The molecule has 0 saturated carbocycles. The molecule has 0 aliphatic heterocycles. The molecule has 1 aromatic rings. The Kier molecular flexibility index (Phi) is 5.31. The first kappa shape index (κ1) is 14.4. The SMILES string of the molecule is COc1ccc(C(Br)C(C)C(C)C)c(OC)c1. The summed E-state index contributed by atoms with van der Waals surface area (Å²) in [5, 5.41) is 0. The first-order valence-electron chi connectivity index (χ1n) is 5.87. The lowest BCUT2D eigenvalue weighted by Gasteiger charge is -2.24. The molecule has 1 aromatic carbocycles. The van der Waals surface area contributed by atoms with Crippen LogP contribution in [0, 0.1) is 11.8 Å². The highest BCUT2D eigenvalue weighted by atomic mass is 79.9. The number of ether oxygens (including phenoxy) is 2. The zero-order valence-electron chi connectivity index (χ0n) is 11.2. The highest BCUT2D eigenvalue weighted by Gasteiger charge is 2.22. The summed E-state index contributed by atoms with van der Waals surface area (Å²) in [5.41, 5.74) is 1.18. The van der Waals surface area contributed by atoms with E-state index in [4.69, 9.17) is 9.47 Å². The van der Waals surface area contributed by atoms with Crippen molar-refractivity contribution in [3.63, 3.8) is 0 Å². The number of hydrogen-bond donors (Lipinski definition) is 0. The molecule has 0 radical (unpaired) electrons. The fourth-order valence-electron chi connectivity index (χ4n) is 1.67. The van der Waals surface area contributed by atoms with E-state index in [1.54, 1.807) is 14.2 Å². The minimum atomic E-state index is 0.295. The number of alkyl halides is 1. The van der Waals surface area contributed by atoms with E-state index < -0.39 is 0 Å². The summed E-state index contributed by atoms with van der Waals surface area (Å²) >= 11 is 3.77. The molecule has 3 heteroatoms. The summed E-state index contributed by atoms with van der Waals surface area (Å²) in [4.78, 5) is 0.295. The molecule has 0 aliphatic carbocycles. The van der Waals surface area contributed by atoms with Crippen LogP contribution in [0.2, 0.25) is 0 Å². The van der Waals surface area contributed by atoms with E-state index >= 15 is 0 Å². The van der Waals surface area contributed by atoms with Crippen LogP contribution in [0.15, 0.2) is 18.2 Å². The second-order valence-electron chi connectivity index (χ2n) is 4.61. The molecular formula is C14H21BrO2. The lowest BCUT2D eigenvalue weighted by molar-refractivity contribution is 0.376. The van der Waals surface area contributed by atoms with Crippen molar-refractivity contribution >= 4 is 15.9 Å². The molecule has 0 saturated heterocycles. The van der Waals surface area contributed by atoms with Gasteiger partial charge in [-0.15, -0.1) is 0 Å². The number of rotatable bonds is 5. The van der Waals surface area contributed by atoms with E-state index in [0.717, 1.165) is 11.5 Å². The third-order valence-electron chi connectivity index (χ3n) is 3.25. The van der Waals surface area contributed by atoms with Gasteiger partial charge in [0.25, 0.3) is 0 Å². The van der Waals surface area contributed by atoms with Crippen molar-refractivity contribution in [2.75, 3.05) is 14.2 Å². The molecule has 0 N–H and O–H groups in total. The molecule has 0 amide bonds. The maximum atomic E-state index is 5.43. The van der Waals surface area contributed by atoms with Gasteiger partial charge in [0.2, 0.25) is 0 Å². The van der Waals surface area contributed by atoms with Crippen molar-refractivity contribution in [3.8, 4) is 11.5 Å². The van der Waals surface area contributed by atoms with Crippen LogP contribution in [-0.2, 0) is 0 Å². The van der Waals surface area contributed by atoms with Crippen molar-refractivity contribution in [1.29, 1.82) is 0 Å². The second kappa shape index (κ2) is 6.29. The van der Waals surface area contributed by atoms with Gasteiger partial charge >= 0.3 is 0 Å². The monoisotopic (exact) mass is 300 g/mol. The minimum Gasteiger partial charge on any atom is -0.497 e. The summed E-state index contributed by atoms with van der Waals surface area (Å²) < 4.78 is 10.6. The number of benzene rings is 1. The van der Waals surface area contributed by atoms with Crippen LogP contribution >= 0.6 is 15.9 Å². The topological polar surface area (TPSA) is 18.5 Å². The van der Waals surface area contributed by atoms with Crippen LogP contribution in [0.4, 0.5) is 0 Å². The Morgan fingerprint density at radius 1 is 1.06 bits per heavy atom. The lowest BCUT2D eigenvalue weighted by atomic mass is 9.90. The van der Waals surface area contributed by atoms with E-state index in [2.05, 4.69) is 42.8 Å². The molecule has 0 heterocycles. The fourth-order valence-corrected chi connectivity index (χ4v) is 2.66. The molecule has 17 heavy (non-hydrogen) atoms.